The highest BCUT2D eigenvalue weighted by Crippen LogP contribution is 2.32. The zero-order valence-electron chi connectivity index (χ0n) is 12.3. The smallest absolute Gasteiger partial charge is 0.261 e. The Labute approximate surface area is 119 Å². The molecule has 0 radical (unpaired) electrons. The molecule has 5 heteroatoms. The summed E-state index contributed by atoms with van der Waals surface area (Å²) in [6.07, 6.45) is 0.944. The van der Waals surface area contributed by atoms with Crippen LogP contribution in [0.25, 0.3) is 0 Å². The Morgan fingerprint density at radius 2 is 1.95 bits per heavy atom. The number of carbonyl (C=O) groups excluding carboxylic acids is 1. The van der Waals surface area contributed by atoms with Crippen molar-refractivity contribution in [1.82, 2.24) is 4.90 Å². The molecule has 0 aromatic heterocycles. The third-order valence-electron chi connectivity index (χ3n) is 3.90. The van der Waals surface area contributed by atoms with Gasteiger partial charge >= 0.3 is 0 Å². The van der Waals surface area contributed by atoms with E-state index in [2.05, 4.69) is 6.92 Å². The van der Waals surface area contributed by atoms with Gasteiger partial charge in [0.05, 0.1) is 14.2 Å². The van der Waals surface area contributed by atoms with Crippen molar-refractivity contribution in [3.05, 3.63) is 23.8 Å². The molecule has 2 N–H and O–H groups in total. The van der Waals surface area contributed by atoms with Gasteiger partial charge < -0.3 is 20.1 Å². The zero-order valence-corrected chi connectivity index (χ0v) is 12.3. The largest absolute Gasteiger partial charge is 0.496 e. The third-order valence-corrected chi connectivity index (χ3v) is 3.90. The van der Waals surface area contributed by atoms with E-state index in [4.69, 9.17) is 15.2 Å². The van der Waals surface area contributed by atoms with Gasteiger partial charge in [-0.3, -0.25) is 4.79 Å². The molecule has 1 aliphatic heterocycles. The Kier molecular flexibility index (Phi) is 4.49. The molecule has 1 aliphatic rings. The van der Waals surface area contributed by atoms with Crippen molar-refractivity contribution in [2.75, 3.05) is 27.3 Å². The normalized spacial score (nSPS) is 21.9. The van der Waals surface area contributed by atoms with Gasteiger partial charge in [-0.15, -0.1) is 0 Å². The Hall–Kier alpha value is -1.75. The van der Waals surface area contributed by atoms with E-state index in [0.29, 0.717) is 36.1 Å². The lowest BCUT2D eigenvalue weighted by atomic mass is 10.1. The van der Waals surface area contributed by atoms with Crippen LogP contribution in [0.5, 0.6) is 11.5 Å². The fourth-order valence-corrected chi connectivity index (χ4v) is 2.80. The molecule has 1 aromatic carbocycles. The molecule has 2 atom stereocenters. The van der Waals surface area contributed by atoms with Gasteiger partial charge in [-0.25, -0.2) is 0 Å². The van der Waals surface area contributed by atoms with Crippen molar-refractivity contribution >= 4 is 5.91 Å². The number of methoxy groups -OCH3 is 2. The van der Waals surface area contributed by atoms with Crippen LogP contribution in [-0.2, 0) is 0 Å². The van der Waals surface area contributed by atoms with E-state index in [1.165, 1.54) is 0 Å². The van der Waals surface area contributed by atoms with E-state index in [-0.39, 0.29) is 11.9 Å². The van der Waals surface area contributed by atoms with Crippen molar-refractivity contribution in [2.45, 2.75) is 19.4 Å². The second-order valence-electron chi connectivity index (χ2n) is 5.18. The molecule has 0 saturated carbocycles. The summed E-state index contributed by atoms with van der Waals surface area (Å²) in [4.78, 5) is 14.7. The molecule has 0 bridgehead atoms. The second kappa shape index (κ2) is 6.13. The maximum atomic E-state index is 12.8. The lowest BCUT2D eigenvalue weighted by Gasteiger charge is -2.23. The molecule has 110 valence electrons. The van der Waals surface area contributed by atoms with Gasteiger partial charge in [-0.05, 0) is 37.9 Å². The Balaban J connectivity index is 2.34. The molecule has 1 heterocycles. The van der Waals surface area contributed by atoms with Crippen LogP contribution in [0.1, 0.15) is 23.7 Å². The number of benzene rings is 1. The van der Waals surface area contributed by atoms with Gasteiger partial charge in [-0.2, -0.15) is 0 Å². The number of ether oxygens (including phenoxy) is 2. The van der Waals surface area contributed by atoms with E-state index < -0.39 is 0 Å². The van der Waals surface area contributed by atoms with Crippen LogP contribution < -0.4 is 15.2 Å². The highest BCUT2D eigenvalue weighted by atomic mass is 16.5. The lowest BCUT2D eigenvalue weighted by molar-refractivity contribution is 0.0736. The van der Waals surface area contributed by atoms with Gasteiger partial charge in [0.25, 0.3) is 5.91 Å². The molecule has 0 aliphatic carbocycles. The number of hydrogen-bond acceptors (Lipinski definition) is 4. The van der Waals surface area contributed by atoms with E-state index in [9.17, 15) is 4.79 Å². The monoisotopic (exact) mass is 278 g/mol. The predicted molar refractivity (Wildman–Crippen MR) is 77.2 cm³/mol. The summed E-state index contributed by atoms with van der Waals surface area (Å²) in [5, 5.41) is 0. The number of hydrogen-bond donors (Lipinski definition) is 1. The van der Waals surface area contributed by atoms with E-state index in [1.807, 2.05) is 11.0 Å². The molecule has 1 aromatic rings. The van der Waals surface area contributed by atoms with Crippen LogP contribution >= 0.6 is 0 Å². The number of nitrogens with zero attached hydrogens (tertiary/aromatic N) is 1. The summed E-state index contributed by atoms with van der Waals surface area (Å²) in [6, 6.07) is 5.55. The van der Waals surface area contributed by atoms with Crippen molar-refractivity contribution in [3.8, 4) is 11.5 Å². The molecule has 0 spiro atoms. The summed E-state index contributed by atoms with van der Waals surface area (Å²) in [6.45, 7) is 3.35. The molecule has 1 fully saturated rings. The van der Waals surface area contributed by atoms with Gasteiger partial charge in [-0.1, -0.05) is 6.07 Å². The fraction of sp³-hybridized carbons (Fsp3) is 0.533. The first-order valence-corrected chi connectivity index (χ1v) is 6.84. The summed E-state index contributed by atoms with van der Waals surface area (Å²) in [7, 11) is 3.11. The minimum Gasteiger partial charge on any atom is -0.496 e. The number of nitrogens with two attached hydrogens (primary N) is 1. The van der Waals surface area contributed by atoms with Gasteiger partial charge in [0.2, 0.25) is 0 Å². The quantitative estimate of drug-likeness (QED) is 0.906. The predicted octanol–water partition coefficient (Wildman–Crippen LogP) is 1.51. The average Bonchev–Trinajstić information content (AvgIpc) is 2.86. The second-order valence-corrected chi connectivity index (χ2v) is 5.18. The lowest BCUT2D eigenvalue weighted by Crippen LogP contribution is -2.34. The number of carbonyl (C=O) groups is 1. The Bertz CT molecular complexity index is 468. The van der Waals surface area contributed by atoms with Crippen LogP contribution in [0.2, 0.25) is 0 Å². The van der Waals surface area contributed by atoms with Gasteiger partial charge in [0.15, 0.2) is 0 Å². The minimum atomic E-state index is -0.0530. The van der Waals surface area contributed by atoms with E-state index in [0.717, 1.165) is 6.42 Å². The molecule has 2 rings (SSSR count). The van der Waals surface area contributed by atoms with Crippen LogP contribution in [0.15, 0.2) is 18.2 Å². The number of rotatable bonds is 4. The molecule has 1 amide bonds. The zero-order chi connectivity index (χ0) is 14.7. The van der Waals surface area contributed by atoms with Crippen LogP contribution in [0, 0.1) is 5.92 Å². The van der Waals surface area contributed by atoms with Crippen molar-refractivity contribution in [2.24, 2.45) is 11.7 Å². The Morgan fingerprint density at radius 3 is 2.40 bits per heavy atom. The number of amides is 1. The van der Waals surface area contributed by atoms with Crippen LogP contribution in [-0.4, -0.2) is 44.2 Å². The van der Waals surface area contributed by atoms with Crippen LogP contribution in [0.3, 0.4) is 0 Å². The van der Waals surface area contributed by atoms with Gasteiger partial charge in [0.1, 0.15) is 17.1 Å². The molecule has 1 saturated heterocycles. The Morgan fingerprint density at radius 1 is 1.35 bits per heavy atom. The van der Waals surface area contributed by atoms with Gasteiger partial charge in [0, 0.05) is 12.6 Å². The third kappa shape index (κ3) is 2.58. The molecule has 2 unspecified atom stereocenters. The standard InChI is InChI=1S/C15H22N2O3/c1-10-7-11(8-16)9-17(10)15(18)14-12(19-2)5-4-6-13(14)20-3/h4-6,10-11H,7-9,16H2,1-3H3. The summed E-state index contributed by atoms with van der Waals surface area (Å²) >= 11 is 0. The molecular formula is C15H22N2O3. The first kappa shape index (κ1) is 14.7. The summed E-state index contributed by atoms with van der Waals surface area (Å²) < 4.78 is 10.6. The average molecular weight is 278 g/mol. The summed E-state index contributed by atoms with van der Waals surface area (Å²) in [5.41, 5.74) is 6.21. The first-order valence-electron chi connectivity index (χ1n) is 6.84. The van der Waals surface area contributed by atoms with Crippen molar-refractivity contribution in [3.63, 3.8) is 0 Å². The maximum Gasteiger partial charge on any atom is 0.261 e. The summed E-state index contributed by atoms with van der Waals surface area (Å²) in [5.74, 6) is 1.40. The number of likely N-dealkylation sites (tertiary alicyclic amines) is 1. The fourth-order valence-electron chi connectivity index (χ4n) is 2.80. The van der Waals surface area contributed by atoms with Crippen molar-refractivity contribution in [1.29, 1.82) is 0 Å². The van der Waals surface area contributed by atoms with Crippen LogP contribution in [0.4, 0.5) is 0 Å². The minimum absolute atomic E-state index is 0.0530. The molecule has 5 nitrogen and oxygen atoms in total. The SMILES string of the molecule is COc1cccc(OC)c1C(=O)N1CC(CN)CC1C. The maximum absolute atomic E-state index is 12.8. The van der Waals surface area contributed by atoms with E-state index >= 15 is 0 Å². The van der Waals surface area contributed by atoms with Crippen molar-refractivity contribution < 1.29 is 14.3 Å². The topological polar surface area (TPSA) is 64.8 Å². The highest BCUT2D eigenvalue weighted by Gasteiger charge is 2.34. The molecule has 20 heavy (non-hydrogen) atoms. The van der Waals surface area contributed by atoms with E-state index in [1.54, 1.807) is 26.4 Å². The first-order chi connectivity index (χ1) is 9.62. The molecular weight excluding hydrogens is 256 g/mol. The highest BCUT2D eigenvalue weighted by molar-refractivity contribution is 6.00.